The van der Waals surface area contributed by atoms with Crippen LogP contribution in [0.25, 0.3) is 0 Å². The Kier molecular flexibility index (Phi) is 6.16. The van der Waals surface area contributed by atoms with Crippen molar-refractivity contribution in [3.05, 3.63) is 29.8 Å². The lowest BCUT2D eigenvalue weighted by molar-refractivity contribution is -0.117. The van der Waals surface area contributed by atoms with Crippen LogP contribution < -0.4 is 10.2 Å². The molecule has 26 heavy (non-hydrogen) atoms. The Morgan fingerprint density at radius 1 is 1.04 bits per heavy atom. The summed E-state index contributed by atoms with van der Waals surface area (Å²) < 4.78 is 0. The number of amides is 2. The SMILES string of the molecule is Cl.O=C(c1ccc(N2CCCC2=O)cc1)N1CCC(N2CCNCC2)C1. The third-order valence-electron chi connectivity index (χ3n) is 5.62. The molecule has 2 amide bonds. The van der Waals surface area contributed by atoms with Gasteiger partial charge in [-0.15, -0.1) is 12.4 Å². The fraction of sp³-hybridized carbons (Fsp3) is 0.579. The topological polar surface area (TPSA) is 55.9 Å². The van der Waals surface area contributed by atoms with Gasteiger partial charge in [0.25, 0.3) is 5.91 Å². The van der Waals surface area contributed by atoms with Crippen LogP contribution in [0.4, 0.5) is 5.69 Å². The molecule has 1 aromatic carbocycles. The molecule has 0 aromatic heterocycles. The number of hydrogen-bond acceptors (Lipinski definition) is 4. The minimum atomic E-state index is 0. The van der Waals surface area contributed by atoms with Gasteiger partial charge in [-0.25, -0.2) is 0 Å². The molecule has 0 saturated carbocycles. The molecule has 1 unspecified atom stereocenters. The Balaban J connectivity index is 0.00000196. The largest absolute Gasteiger partial charge is 0.337 e. The minimum absolute atomic E-state index is 0. The molecule has 142 valence electrons. The van der Waals surface area contributed by atoms with Gasteiger partial charge in [0.15, 0.2) is 0 Å². The first-order chi connectivity index (χ1) is 12.2. The average molecular weight is 379 g/mol. The summed E-state index contributed by atoms with van der Waals surface area (Å²) in [7, 11) is 0. The van der Waals surface area contributed by atoms with Crippen molar-refractivity contribution in [1.29, 1.82) is 0 Å². The Hall–Kier alpha value is -1.63. The summed E-state index contributed by atoms with van der Waals surface area (Å²) in [5.41, 5.74) is 1.62. The van der Waals surface area contributed by atoms with Gasteiger partial charge in [0.05, 0.1) is 0 Å². The van der Waals surface area contributed by atoms with E-state index in [1.165, 1.54) is 0 Å². The summed E-state index contributed by atoms with van der Waals surface area (Å²) in [5.74, 6) is 0.286. The molecule has 0 radical (unpaired) electrons. The zero-order valence-corrected chi connectivity index (χ0v) is 15.8. The van der Waals surface area contributed by atoms with E-state index in [-0.39, 0.29) is 24.2 Å². The van der Waals surface area contributed by atoms with Crippen LogP contribution in [0.3, 0.4) is 0 Å². The van der Waals surface area contributed by atoms with E-state index in [1.807, 2.05) is 34.1 Å². The molecule has 7 heteroatoms. The molecule has 1 N–H and O–H groups in total. The third-order valence-corrected chi connectivity index (χ3v) is 5.62. The Morgan fingerprint density at radius 3 is 2.42 bits per heavy atom. The second-order valence-electron chi connectivity index (χ2n) is 7.18. The Labute approximate surface area is 160 Å². The molecular formula is C19H27ClN4O2. The number of likely N-dealkylation sites (tertiary alicyclic amines) is 1. The lowest BCUT2D eigenvalue weighted by Crippen LogP contribution is -2.49. The summed E-state index contributed by atoms with van der Waals surface area (Å²) in [5, 5.41) is 3.38. The number of carbonyl (C=O) groups excluding carboxylic acids is 2. The van der Waals surface area contributed by atoms with Crippen molar-refractivity contribution in [2.24, 2.45) is 0 Å². The number of nitrogens with one attached hydrogen (secondary N) is 1. The van der Waals surface area contributed by atoms with Gasteiger partial charge >= 0.3 is 0 Å². The molecule has 0 bridgehead atoms. The molecule has 3 aliphatic heterocycles. The van der Waals surface area contributed by atoms with Crippen LogP contribution >= 0.6 is 12.4 Å². The zero-order chi connectivity index (χ0) is 17.2. The summed E-state index contributed by atoms with van der Waals surface area (Å²) >= 11 is 0. The highest BCUT2D eigenvalue weighted by Crippen LogP contribution is 2.23. The molecular weight excluding hydrogens is 352 g/mol. The molecule has 3 fully saturated rings. The number of carbonyl (C=O) groups is 2. The van der Waals surface area contributed by atoms with Crippen molar-refractivity contribution in [3.8, 4) is 0 Å². The molecule has 1 aromatic rings. The van der Waals surface area contributed by atoms with E-state index in [0.717, 1.165) is 69.9 Å². The van der Waals surface area contributed by atoms with Gasteiger partial charge in [0.2, 0.25) is 5.91 Å². The highest BCUT2D eigenvalue weighted by molar-refractivity contribution is 5.97. The van der Waals surface area contributed by atoms with Crippen LogP contribution in [0.5, 0.6) is 0 Å². The second-order valence-corrected chi connectivity index (χ2v) is 7.18. The number of rotatable bonds is 3. The van der Waals surface area contributed by atoms with Gasteiger partial charge < -0.3 is 15.1 Å². The first-order valence-electron chi connectivity index (χ1n) is 9.37. The minimum Gasteiger partial charge on any atom is -0.337 e. The predicted molar refractivity (Wildman–Crippen MR) is 104 cm³/mol. The van der Waals surface area contributed by atoms with Crippen LogP contribution in [0.2, 0.25) is 0 Å². The molecule has 1 atom stereocenters. The van der Waals surface area contributed by atoms with Gasteiger partial charge in [-0.05, 0) is 37.1 Å². The van der Waals surface area contributed by atoms with Crippen molar-refractivity contribution in [2.45, 2.75) is 25.3 Å². The van der Waals surface area contributed by atoms with Crippen LogP contribution in [0.15, 0.2) is 24.3 Å². The summed E-state index contributed by atoms with van der Waals surface area (Å²) in [6, 6.07) is 8.02. The van der Waals surface area contributed by atoms with Gasteiger partial charge in [-0.1, -0.05) is 0 Å². The molecule has 3 heterocycles. The molecule has 3 saturated heterocycles. The van der Waals surface area contributed by atoms with E-state index in [0.29, 0.717) is 12.5 Å². The normalized spacial score (nSPS) is 24.0. The Morgan fingerprint density at radius 2 is 1.77 bits per heavy atom. The van der Waals surface area contributed by atoms with E-state index >= 15 is 0 Å². The Bertz CT molecular complexity index is 645. The summed E-state index contributed by atoms with van der Waals surface area (Å²) in [6.07, 6.45) is 2.61. The molecule has 4 rings (SSSR count). The van der Waals surface area contributed by atoms with Crippen molar-refractivity contribution in [2.75, 3.05) is 50.7 Å². The maximum Gasteiger partial charge on any atom is 0.253 e. The van der Waals surface area contributed by atoms with Crippen molar-refractivity contribution < 1.29 is 9.59 Å². The van der Waals surface area contributed by atoms with Gasteiger partial charge in [-0.2, -0.15) is 0 Å². The van der Waals surface area contributed by atoms with Gasteiger partial charge in [0.1, 0.15) is 0 Å². The van der Waals surface area contributed by atoms with Crippen LogP contribution in [-0.4, -0.2) is 73.5 Å². The molecule has 6 nitrogen and oxygen atoms in total. The van der Waals surface area contributed by atoms with Crippen LogP contribution in [0.1, 0.15) is 29.6 Å². The molecule has 3 aliphatic rings. The zero-order valence-electron chi connectivity index (χ0n) is 15.0. The van der Waals surface area contributed by atoms with Crippen LogP contribution in [-0.2, 0) is 4.79 Å². The van der Waals surface area contributed by atoms with Crippen molar-refractivity contribution in [3.63, 3.8) is 0 Å². The average Bonchev–Trinajstić information content (AvgIpc) is 3.31. The number of halogens is 1. The summed E-state index contributed by atoms with van der Waals surface area (Å²) in [6.45, 7) is 6.67. The van der Waals surface area contributed by atoms with Gasteiger partial charge in [0, 0.05) is 69.5 Å². The monoisotopic (exact) mass is 378 g/mol. The number of hydrogen-bond donors (Lipinski definition) is 1. The third kappa shape index (κ3) is 3.87. The molecule has 0 aliphatic carbocycles. The second kappa shape index (κ2) is 8.37. The van der Waals surface area contributed by atoms with E-state index in [2.05, 4.69) is 10.2 Å². The van der Waals surface area contributed by atoms with Crippen molar-refractivity contribution in [1.82, 2.24) is 15.1 Å². The van der Waals surface area contributed by atoms with E-state index in [9.17, 15) is 9.59 Å². The van der Waals surface area contributed by atoms with E-state index in [1.54, 1.807) is 0 Å². The van der Waals surface area contributed by atoms with Crippen molar-refractivity contribution >= 4 is 29.9 Å². The first-order valence-corrected chi connectivity index (χ1v) is 9.37. The van der Waals surface area contributed by atoms with E-state index in [4.69, 9.17) is 0 Å². The number of piperazine rings is 1. The van der Waals surface area contributed by atoms with Crippen LogP contribution in [0, 0.1) is 0 Å². The fourth-order valence-corrected chi connectivity index (χ4v) is 4.16. The van der Waals surface area contributed by atoms with E-state index < -0.39 is 0 Å². The predicted octanol–water partition coefficient (Wildman–Crippen LogP) is 1.35. The fourth-order valence-electron chi connectivity index (χ4n) is 4.16. The standard InChI is InChI=1S/C19H26N4O2.ClH/c24-18-2-1-10-23(18)16-5-3-15(4-6-16)19(25)22-11-7-17(14-22)21-12-8-20-9-13-21;/h3-6,17,20H,1-2,7-14H2;1H. The highest BCUT2D eigenvalue weighted by Gasteiger charge is 2.31. The lowest BCUT2D eigenvalue weighted by atomic mass is 10.1. The quantitative estimate of drug-likeness (QED) is 0.862. The first kappa shape index (κ1) is 19.1. The maximum atomic E-state index is 12.8. The lowest BCUT2D eigenvalue weighted by Gasteiger charge is -2.32. The number of nitrogens with zero attached hydrogens (tertiary/aromatic N) is 3. The number of benzene rings is 1. The number of anilines is 1. The maximum absolute atomic E-state index is 12.8. The highest BCUT2D eigenvalue weighted by atomic mass is 35.5. The molecule has 0 spiro atoms. The summed E-state index contributed by atoms with van der Waals surface area (Å²) in [4.78, 5) is 30.9. The smallest absolute Gasteiger partial charge is 0.253 e. The van der Waals surface area contributed by atoms with Gasteiger partial charge in [-0.3, -0.25) is 14.5 Å².